The molecule has 1 spiro atoms. The Morgan fingerprint density at radius 3 is 2.64 bits per heavy atom. The Morgan fingerprint density at radius 1 is 1.24 bits per heavy atom. The molecule has 0 aliphatic carbocycles. The van der Waals surface area contributed by atoms with E-state index in [1.54, 1.807) is 12.1 Å². The molecule has 2 aromatic rings. The van der Waals surface area contributed by atoms with Crippen LogP contribution in [0.5, 0.6) is 0 Å². The van der Waals surface area contributed by atoms with Gasteiger partial charge in [0.1, 0.15) is 0 Å². The van der Waals surface area contributed by atoms with Crippen LogP contribution >= 0.6 is 23.7 Å². The summed E-state index contributed by atoms with van der Waals surface area (Å²) < 4.78 is 0.914. The zero-order valence-electron chi connectivity index (χ0n) is 13.7. The number of carbonyl (C=O) groups excluding carboxylic acids is 1. The van der Waals surface area contributed by atoms with Gasteiger partial charge in [0, 0.05) is 41.9 Å². The number of non-ortho nitro benzene ring substituents is 1. The minimum Gasteiger partial charge on any atom is -0.338 e. The van der Waals surface area contributed by atoms with E-state index in [1.165, 1.54) is 29.9 Å². The molecule has 1 N–H and O–H groups in total. The van der Waals surface area contributed by atoms with Crippen molar-refractivity contribution in [2.24, 2.45) is 5.41 Å². The first-order valence-electron chi connectivity index (χ1n) is 8.24. The maximum absolute atomic E-state index is 12.8. The first kappa shape index (κ1) is 18.1. The lowest BCUT2D eigenvalue weighted by Gasteiger charge is -2.38. The number of hydrogen-bond donors (Lipinski definition) is 1. The van der Waals surface area contributed by atoms with E-state index in [9.17, 15) is 14.9 Å². The molecule has 8 heteroatoms. The van der Waals surface area contributed by atoms with Crippen LogP contribution in [0.2, 0.25) is 0 Å². The Balaban J connectivity index is 0.00000182. The molecule has 3 heterocycles. The average Bonchev–Trinajstić information content (AvgIpc) is 3.21. The normalized spacial score (nSPS) is 19.1. The predicted octanol–water partition coefficient (Wildman–Crippen LogP) is 3.45. The average molecular weight is 382 g/mol. The fourth-order valence-electron chi connectivity index (χ4n) is 3.81. The van der Waals surface area contributed by atoms with E-state index in [0.29, 0.717) is 10.3 Å². The van der Waals surface area contributed by atoms with Gasteiger partial charge in [0.25, 0.3) is 11.6 Å². The summed E-state index contributed by atoms with van der Waals surface area (Å²) in [6.07, 6.45) is 3.33. The highest BCUT2D eigenvalue weighted by atomic mass is 35.5. The van der Waals surface area contributed by atoms with Crippen molar-refractivity contribution in [2.45, 2.75) is 19.3 Å². The zero-order chi connectivity index (χ0) is 16.7. The van der Waals surface area contributed by atoms with Crippen molar-refractivity contribution < 1.29 is 9.72 Å². The topological polar surface area (TPSA) is 75.5 Å². The summed E-state index contributed by atoms with van der Waals surface area (Å²) >= 11 is 1.42. The third-order valence-corrected chi connectivity index (χ3v) is 6.47. The highest BCUT2D eigenvalue weighted by molar-refractivity contribution is 7.20. The van der Waals surface area contributed by atoms with Crippen molar-refractivity contribution in [3.8, 4) is 0 Å². The number of carbonyl (C=O) groups is 1. The lowest BCUT2D eigenvalue weighted by Crippen LogP contribution is -2.43. The fraction of sp³-hybridized carbons (Fsp3) is 0.471. The zero-order valence-corrected chi connectivity index (χ0v) is 15.3. The maximum Gasteiger partial charge on any atom is 0.270 e. The van der Waals surface area contributed by atoms with Crippen LogP contribution in [0.1, 0.15) is 28.9 Å². The van der Waals surface area contributed by atoms with Crippen LogP contribution in [0.25, 0.3) is 10.1 Å². The number of halogens is 1. The number of piperidine rings is 1. The summed E-state index contributed by atoms with van der Waals surface area (Å²) in [5.74, 6) is 0.0552. The van der Waals surface area contributed by atoms with Gasteiger partial charge in [0.2, 0.25) is 0 Å². The second-order valence-electron chi connectivity index (χ2n) is 6.81. The molecule has 134 valence electrons. The second kappa shape index (κ2) is 6.90. The Hall–Kier alpha value is -1.70. The van der Waals surface area contributed by atoms with Crippen molar-refractivity contribution in [3.63, 3.8) is 0 Å². The SMILES string of the molecule is Cl.O=C(c1cc2cc([N+](=O)[O-])ccc2s1)N1CCC2(CCNC2)CC1. The summed E-state index contributed by atoms with van der Waals surface area (Å²) in [4.78, 5) is 25.9. The molecule has 2 fully saturated rings. The molecule has 25 heavy (non-hydrogen) atoms. The minimum absolute atomic E-state index is 0. The van der Waals surface area contributed by atoms with E-state index in [0.717, 1.165) is 49.1 Å². The number of nitrogens with zero attached hydrogens (tertiary/aromatic N) is 2. The maximum atomic E-state index is 12.8. The largest absolute Gasteiger partial charge is 0.338 e. The molecule has 4 rings (SSSR count). The van der Waals surface area contributed by atoms with Gasteiger partial charge in [-0.05, 0) is 43.4 Å². The Labute approximate surface area is 155 Å². The summed E-state index contributed by atoms with van der Waals surface area (Å²) in [5.41, 5.74) is 0.449. The van der Waals surface area contributed by atoms with Gasteiger partial charge in [-0.1, -0.05) is 0 Å². The standard InChI is InChI=1S/C17H19N3O3S.ClH/c21-16(19-7-4-17(5-8-19)3-6-18-11-17)15-10-12-9-13(20(22)23)1-2-14(12)24-15;/h1-2,9-10,18H,3-8,11H2;1H. The smallest absolute Gasteiger partial charge is 0.270 e. The number of likely N-dealkylation sites (tertiary alicyclic amines) is 1. The van der Waals surface area contributed by atoms with Crippen LogP contribution in [0.4, 0.5) is 5.69 Å². The molecular formula is C17H20ClN3O3S. The van der Waals surface area contributed by atoms with Crippen LogP contribution in [0.3, 0.4) is 0 Å². The number of rotatable bonds is 2. The first-order valence-corrected chi connectivity index (χ1v) is 9.06. The molecule has 0 radical (unpaired) electrons. The third kappa shape index (κ3) is 3.36. The van der Waals surface area contributed by atoms with Crippen LogP contribution in [-0.2, 0) is 0 Å². The van der Waals surface area contributed by atoms with Crippen molar-refractivity contribution in [3.05, 3.63) is 39.3 Å². The van der Waals surface area contributed by atoms with E-state index in [1.807, 2.05) is 4.90 Å². The number of fused-ring (bicyclic) bond motifs is 1. The number of nitro benzene ring substituents is 1. The van der Waals surface area contributed by atoms with E-state index in [-0.39, 0.29) is 24.0 Å². The van der Waals surface area contributed by atoms with Crippen molar-refractivity contribution in [1.82, 2.24) is 10.2 Å². The fourth-order valence-corrected chi connectivity index (χ4v) is 4.82. The number of benzene rings is 1. The van der Waals surface area contributed by atoms with Gasteiger partial charge in [0.05, 0.1) is 9.80 Å². The number of nitro groups is 1. The van der Waals surface area contributed by atoms with Gasteiger partial charge in [-0.15, -0.1) is 23.7 Å². The second-order valence-corrected chi connectivity index (χ2v) is 7.89. The van der Waals surface area contributed by atoms with Crippen LogP contribution in [0, 0.1) is 15.5 Å². The van der Waals surface area contributed by atoms with Gasteiger partial charge in [-0.3, -0.25) is 14.9 Å². The Bertz CT molecular complexity index is 807. The Kier molecular flexibility index (Phi) is 4.99. The van der Waals surface area contributed by atoms with Crippen LogP contribution in [0.15, 0.2) is 24.3 Å². The third-order valence-electron chi connectivity index (χ3n) is 5.36. The predicted molar refractivity (Wildman–Crippen MR) is 101 cm³/mol. The van der Waals surface area contributed by atoms with E-state index in [4.69, 9.17) is 0 Å². The van der Waals surface area contributed by atoms with Gasteiger partial charge >= 0.3 is 0 Å². The monoisotopic (exact) mass is 381 g/mol. The minimum atomic E-state index is -0.404. The van der Waals surface area contributed by atoms with E-state index >= 15 is 0 Å². The molecule has 2 saturated heterocycles. The number of amides is 1. The first-order chi connectivity index (χ1) is 11.6. The lowest BCUT2D eigenvalue weighted by molar-refractivity contribution is -0.384. The molecule has 0 saturated carbocycles. The van der Waals surface area contributed by atoms with Crippen molar-refractivity contribution >= 4 is 45.4 Å². The molecule has 1 aromatic carbocycles. The van der Waals surface area contributed by atoms with Gasteiger partial charge in [-0.25, -0.2) is 0 Å². The molecule has 2 aliphatic heterocycles. The molecule has 0 atom stereocenters. The molecular weight excluding hydrogens is 362 g/mol. The van der Waals surface area contributed by atoms with Crippen molar-refractivity contribution in [2.75, 3.05) is 26.2 Å². The van der Waals surface area contributed by atoms with Gasteiger partial charge in [0.15, 0.2) is 0 Å². The highest BCUT2D eigenvalue weighted by Crippen LogP contribution is 2.38. The molecule has 6 nitrogen and oxygen atoms in total. The van der Waals surface area contributed by atoms with E-state index < -0.39 is 4.92 Å². The molecule has 2 aliphatic rings. The molecule has 0 unspecified atom stereocenters. The number of hydrogen-bond acceptors (Lipinski definition) is 5. The Morgan fingerprint density at radius 2 is 2.00 bits per heavy atom. The summed E-state index contributed by atoms with van der Waals surface area (Å²) in [6, 6.07) is 6.55. The van der Waals surface area contributed by atoms with E-state index in [2.05, 4.69) is 5.32 Å². The molecule has 1 amide bonds. The summed E-state index contributed by atoms with van der Waals surface area (Å²) in [5, 5.41) is 15.1. The van der Waals surface area contributed by atoms with Gasteiger partial charge < -0.3 is 10.2 Å². The molecule has 0 bridgehead atoms. The van der Waals surface area contributed by atoms with Gasteiger partial charge in [-0.2, -0.15) is 0 Å². The number of thiophene rings is 1. The molecule has 1 aromatic heterocycles. The van der Waals surface area contributed by atoms with Crippen molar-refractivity contribution in [1.29, 1.82) is 0 Å². The summed E-state index contributed by atoms with van der Waals surface area (Å²) in [6.45, 7) is 3.76. The van der Waals surface area contributed by atoms with Crippen LogP contribution < -0.4 is 5.32 Å². The van der Waals surface area contributed by atoms with Crippen LogP contribution in [-0.4, -0.2) is 41.9 Å². The summed E-state index contributed by atoms with van der Waals surface area (Å²) in [7, 11) is 0. The quantitative estimate of drug-likeness (QED) is 0.638. The number of nitrogens with one attached hydrogen (secondary N) is 1. The lowest BCUT2D eigenvalue weighted by atomic mass is 9.78. The highest BCUT2D eigenvalue weighted by Gasteiger charge is 2.38.